The van der Waals surface area contributed by atoms with Gasteiger partial charge in [-0.15, -0.1) is 0 Å². The first kappa shape index (κ1) is 12.1. The van der Waals surface area contributed by atoms with E-state index < -0.39 is 0 Å². The first-order chi connectivity index (χ1) is 7.77. The fourth-order valence-electron chi connectivity index (χ4n) is 1.17. The first-order valence-corrected chi connectivity index (χ1v) is 5.09. The van der Waals surface area contributed by atoms with Crippen molar-refractivity contribution < 1.29 is 4.79 Å². The zero-order valence-corrected chi connectivity index (χ0v) is 9.50. The minimum Gasteiger partial charge on any atom is -0.292 e. The fraction of sp³-hybridized carbons (Fsp3) is 0.250. The lowest BCUT2D eigenvalue weighted by molar-refractivity contribution is -0.116. The van der Waals surface area contributed by atoms with Crippen LogP contribution in [0.15, 0.2) is 48.6 Å². The number of nitrogens with zero attached hydrogens (tertiary/aromatic N) is 3. The van der Waals surface area contributed by atoms with E-state index in [4.69, 9.17) is 0 Å². The van der Waals surface area contributed by atoms with Crippen LogP contribution in [0.1, 0.15) is 13.8 Å². The molecule has 84 valence electrons. The summed E-state index contributed by atoms with van der Waals surface area (Å²) < 4.78 is 1.51. The van der Waals surface area contributed by atoms with Gasteiger partial charge in [0.05, 0.1) is 0 Å². The van der Waals surface area contributed by atoms with E-state index in [2.05, 4.69) is 10.1 Å². The number of Topliss-reactive ketones (excluding diaryl/α,β-unsaturated/α-hetero) is 1. The fourth-order valence-corrected chi connectivity index (χ4v) is 1.17. The van der Waals surface area contributed by atoms with Gasteiger partial charge in [-0.25, -0.2) is 9.67 Å². The van der Waals surface area contributed by atoms with Crippen molar-refractivity contribution in [2.45, 2.75) is 20.4 Å². The number of carbonyl (C=O) groups excluding carboxylic acids is 1. The summed E-state index contributed by atoms with van der Waals surface area (Å²) in [7, 11) is 0. The molecule has 0 saturated heterocycles. The van der Waals surface area contributed by atoms with E-state index >= 15 is 0 Å². The number of hydrogen-bond acceptors (Lipinski definition) is 3. The molecule has 0 saturated carbocycles. The molecule has 16 heavy (non-hydrogen) atoms. The van der Waals surface area contributed by atoms with Crippen LogP contribution in [0, 0.1) is 0 Å². The molecule has 4 nitrogen and oxygen atoms in total. The first-order valence-electron chi connectivity index (χ1n) is 5.09. The summed E-state index contributed by atoms with van der Waals surface area (Å²) in [6, 6.07) is 0. The van der Waals surface area contributed by atoms with Crippen molar-refractivity contribution in [1.29, 1.82) is 0 Å². The summed E-state index contributed by atoms with van der Waals surface area (Å²) in [6.45, 7) is 4.01. The van der Waals surface area contributed by atoms with Crippen LogP contribution in [-0.2, 0) is 11.3 Å². The van der Waals surface area contributed by atoms with Crippen molar-refractivity contribution in [3.63, 3.8) is 0 Å². The lowest BCUT2D eigenvalue weighted by Crippen LogP contribution is -2.11. The SMILES string of the molecule is C\C=C/C=C(\C=C/C)C(=O)Cn1cncn1. The molecule has 0 aliphatic heterocycles. The molecule has 0 atom stereocenters. The van der Waals surface area contributed by atoms with Gasteiger partial charge in [0.2, 0.25) is 0 Å². The lowest BCUT2D eigenvalue weighted by atomic mass is 10.1. The smallest absolute Gasteiger partial charge is 0.184 e. The van der Waals surface area contributed by atoms with Crippen LogP contribution < -0.4 is 0 Å². The van der Waals surface area contributed by atoms with Crippen LogP contribution in [0.4, 0.5) is 0 Å². The van der Waals surface area contributed by atoms with E-state index in [-0.39, 0.29) is 12.3 Å². The van der Waals surface area contributed by atoms with Gasteiger partial charge in [0.25, 0.3) is 0 Å². The van der Waals surface area contributed by atoms with Gasteiger partial charge < -0.3 is 0 Å². The molecule has 0 amide bonds. The molecule has 0 spiro atoms. The monoisotopic (exact) mass is 217 g/mol. The van der Waals surface area contributed by atoms with Crippen LogP contribution in [0.25, 0.3) is 0 Å². The number of hydrogen-bond donors (Lipinski definition) is 0. The van der Waals surface area contributed by atoms with E-state index in [1.54, 1.807) is 12.2 Å². The molecule has 0 N–H and O–H groups in total. The van der Waals surface area contributed by atoms with E-state index in [1.807, 2.05) is 32.1 Å². The van der Waals surface area contributed by atoms with Crippen LogP contribution in [0.5, 0.6) is 0 Å². The average Bonchev–Trinajstić information content (AvgIpc) is 2.76. The van der Waals surface area contributed by atoms with Crippen molar-refractivity contribution in [3.05, 3.63) is 48.6 Å². The number of allylic oxidation sites excluding steroid dienone is 6. The van der Waals surface area contributed by atoms with Gasteiger partial charge >= 0.3 is 0 Å². The third-order valence-electron chi connectivity index (χ3n) is 1.91. The Hall–Kier alpha value is -1.97. The third-order valence-corrected chi connectivity index (χ3v) is 1.91. The molecule has 0 radical (unpaired) electrons. The minimum atomic E-state index is 0.0155. The Morgan fingerprint density at radius 3 is 2.75 bits per heavy atom. The molecular formula is C12H15N3O. The lowest BCUT2D eigenvalue weighted by Gasteiger charge is -2.00. The second-order valence-electron chi connectivity index (χ2n) is 3.16. The van der Waals surface area contributed by atoms with Gasteiger partial charge in [-0.05, 0) is 13.8 Å². The van der Waals surface area contributed by atoms with Crippen molar-refractivity contribution in [2.75, 3.05) is 0 Å². The molecular weight excluding hydrogens is 202 g/mol. The van der Waals surface area contributed by atoms with Crippen molar-refractivity contribution in [1.82, 2.24) is 14.8 Å². The Balaban J connectivity index is 2.75. The molecule has 1 aromatic rings. The quantitative estimate of drug-likeness (QED) is 0.559. The molecule has 1 heterocycles. The molecule has 0 unspecified atom stereocenters. The molecule has 1 rings (SSSR count). The third kappa shape index (κ3) is 3.65. The highest BCUT2D eigenvalue weighted by Gasteiger charge is 2.06. The second kappa shape index (κ2) is 6.50. The maximum atomic E-state index is 11.9. The summed E-state index contributed by atoms with van der Waals surface area (Å²) in [4.78, 5) is 15.7. The standard InChI is InChI=1S/C12H15N3O/c1-3-5-7-11(6-4-2)12(16)8-15-10-13-9-14-15/h3-7,9-10H,8H2,1-2H3/b5-3-,6-4-,11-7+. The number of rotatable bonds is 5. The molecule has 0 aromatic carbocycles. The predicted octanol–water partition coefficient (Wildman–Crippen LogP) is 1.93. The normalized spacial score (nSPS) is 12.8. The van der Waals surface area contributed by atoms with Crippen LogP contribution in [0.2, 0.25) is 0 Å². The molecule has 0 fully saturated rings. The zero-order chi connectivity index (χ0) is 11.8. The van der Waals surface area contributed by atoms with Crippen LogP contribution in [-0.4, -0.2) is 20.5 Å². The Morgan fingerprint density at radius 1 is 1.38 bits per heavy atom. The Morgan fingerprint density at radius 2 is 2.19 bits per heavy atom. The van der Waals surface area contributed by atoms with E-state index in [0.717, 1.165) is 0 Å². The molecule has 0 aliphatic rings. The Labute approximate surface area is 95.0 Å². The highest BCUT2D eigenvalue weighted by atomic mass is 16.1. The van der Waals surface area contributed by atoms with Crippen molar-refractivity contribution >= 4 is 5.78 Å². The van der Waals surface area contributed by atoms with Crippen LogP contribution in [0.3, 0.4) is 0 Å². The van der Waals surface area contributed by atoms with Crippen molar-refractivity contribution in [2.24, 2.45) is 0 Å². The average molecular weight is 217 g/mol. The highest BCUT2D eigenvalue weighted by molar-refractivity contribution is 5.98. The zero-order valence-electron chi connectivity index (χ0n) is 9.50. The predicted molar refractivity (Wildman–Crippen MR) is 62.7 cm³/mol. The molecule has 4 heteroatoms. The Kier molecular flexibility index (Phi) is 4.92. The summed E-state index contributed by atoms with van der Waals surface area (Å²) in [6.07, 6.45) is 12.1. The van der Waals surface area contributed by atoms with E-state index in [1.165, 1.54) is 17.3 Å². The largest absolute Gasteiger partial charge is 0.292 e. The summed E-state index contributed by atoms with van der Waals surface area (Å²) in [5.41, 5.74) is 0.663. The van der Waals surface area contributed by atoms with Gasteiger partial charge in [-0.3, -0.25) is 4.79 Å². The van der Waals surface area contributed by atoms with Crippen molar-refractivity contribution in [3.8, 4) is 0 Å². The highest BCUT2D eigenvalue weighted by Crippen LogP contribution is 2.02. The molecule has 0 aliphatic carbocycles. The number of aromatic nitrogens is 3. The van der Waals surface area contributed by atoms with Gasteiger partial charge in [-0.1, -0.05) is 30.4 Å². The summed E-state index contributed by atoms with van der Waals surface area (Å²) in [5.74, 6) is 0.0155. The second-order valence-corrected chi connectivity index (χ2v) is 3.16. The van der Waals surface area contributed by atoms with E-state index in [0.29, 0.717) is 5.57 Å². The maximum Gasteiger partial charge on any atom is 0.184 e. The molecule has 0 bridgehead atoms. The number of ketones is 1. The molecule has 1 aromatic heterocycles. The van der Waals surface area contributed by atoms with Gasteiger partial charge in [0.1, 0.15) is 19.2 Å². The van der Waals surface area contributed by atoms with E-state index in [9.17, 15) is 4.79 Å². The van der Waals surface area contributed by atoms with Gasteiger partial charge in [0, 0.05) is 5.57 Å². The maximum absolute atomic E-state index is 11.9. The summed E-state index contributed by atoms with van der Waals surface area (Å²) >= 11 is 0. The van der Waals surface area contributed by atoms with Gasteiger partial charge in [-0.2, -0.15) is 5.10 Å². The minimum absolute atomic E-state index is 0.0155. The van der Waals surface area contributed by atoms with Gasteiger partial charge in [0.15, 0.2) is 5.78 Å². The summed E-state index contributed by atoms with van der Waals surface area (Å²) in [5, 5.41) is 3.89. The number of carbonyl (C=O) groups is 1. The topological polar surface area (TPSA) is 47.8 Å². The van der Waals surface area contributed by atoms with Crippen LogP contribution >= 0.6 is 0 Å². The Bertz CT molecular complexity index is 413.